The summed E-state index contributed by atoms with van der Waals surface area (Å²) in [5.74, 6) is 1.69. The number of nitrogens with one attached hydrogen (secondary N) is 2. The maximum absolute atomic E-state index is 6.27. The summed E-state index contributed by atoms with van der Waals surface area (Å²) >= 11 is 6.27. The van der Waals surface area contributed by atoms with Crippen LogP contribution in [0.4, 0.5) is 11.5 Å². The molecule has 2 N–H and O–H groups in total. The van der Waals surface area contributed by atoms with Gasteiger partial charge in [-0.15, -0.1) is 0 Å². The first-order chi connectivity index (χ1) is 13.2. The van der Waals surface area contributed by atoms with Crippen molar-refractivity contribution in [2.45, 2.75) is 12.5 Å². The molecule has 1 atom stereocenters. The van der Waals surface area contributed by atoms with Crippen molar-refractivity contribution in [2.24, 2.45) is 4.99 Å². The number of para-hydroxylation sites is 1. The molecule has 3 rings (SSSR count). The largest absolute Gasteiger partial charge is 0.373 e. The molecule has 0 aliphatic carbocycles. The number of rotatable bonds is 6. The summed E-state index contributed by atoms with van der Waals surface area (Å²) < 4.78 is 0. The first kappa shape index (κ1) is 19.3. The van der Waals surface area contributed by atoms with E-state index in [-0.39, 0.29) is 0 Å². The quantitative estimate of drug-likeness (QED) is 0.590. The van der Waals surface area contributed by atoms with Gasteiger partial charge in [-0.1, -0.05) is 29.8 Å². The number of anilines is 2. The summed E-state index contributed by atoms with van der Waals surface area (Å²) in [5.41, 5.74) is 1.21. The Morgan fingerprint density at radius 2 is 2.11 bits per heavy atom. The summed E-state index contributed by atoms with van der Waals surface area (Å²) in [4.78, 5) is 13.2. The Hall–Kier alpha value is -2.47. The Labute approximate surface area is 166 Å². The number of guanidine groups is 1. The van der Waals surface area contributed by atoms with Crippen molar-refractivity contribution in [3.63, 3.8) is 0 Å². The number of pyridine rings is 1. The summed E-state index contributed by atoms with van der Waals surface area (Å²) in [6.45, 7) is 3.50. The van der Waals surface area contributed by atoms with E-state index in [2.05, 4.69) is 61.7 Å². The standard InChI is InChI=1S/C20H27ClN6/c1-22-20(24-12-14-26(2)17-7-4-3-5-8-17)25-16-10-13-27(15-16)19-18(21)9-6-11-23-19/h3-9,11,16H,10,12-15H2,1-2H3,(H2,22,24,25). The highest BCUT2D eigenvalue weighted by atomic mass is 35.5. The topological polar surface area (TPSA) is 55.8 Å². The second-order valence-corrected chi connectivity index (χ2v) is 7.05. The molecule has 27 heavy (non-hydrogen) atoms. The maximum Gasteiger partial charge on any atom is 0.191 e. The van der Waals surface area contributed by atoms with E-state index in [1.807, 2.05) is 18.2 Å². The molecule has 1 aromatic heterocycles. The lowest BCUT2D eigenvalue weighted by Gasteiger charge is -2.22. The van der Waals surface area contributed by atoms with Gasteiger partial charge in [0.25, 0.3) is 0 Å². The molecule has 1 aliphatic heterocycles. The fourth-order valence-electron chi connectivity index (χ4n) is 3.22. The van der Waals surface area contributed by atoms with Crippen molar-refractivity contribution in [1.29, 1.82) is 0 Å². The van der Waals surface area contributed by atoms with Crippen LogP contribution in [0.2, 0.25) is 5.02 Å². The van der Waals surface area contributed by atoms with E-state index in [1.165, 1.54) is 5.69 Å². The van der Waals surface area contributed by atoms with Gasteiger partial charge in [0.05, 0.1) is 5.02 Å². The Balaban J connectivity index is 1.45. The lowest BCUT2D eigenvalue weighted by atomic mass is 10.3. The third kappa shape index (κ3) is 5.26. The zero-order valence-electron chi connectivity index (χ0n) is 15.9. The van der Waals surface area contributed by atoms with E-state index in [0.717, 1.165) is 44.4 Å². The second-order valence-electron chi connectivity index (χ2n) is 6.64. The van der Waals surface area contributed by atoms with Gasteiger partial charge < -0.3 is 20.4 Å². The summed E-state index contributed by atoms with van der Waals surface area (Å²) in [5, 5.41) is 7.60. The summed E-state index contributed by atoms with van der Waals surface area (Å²) in [6.07, 6.45) is 2.81. The van der Waals surface area contributed by atoms with Gasteiger partial charge in [0, 0.05) is 58.2 Å². The predicted octanol–water partition coefficient (Wildman–Crippen LogP) is 2.62. The molecule has 1 unspecified atom stereocenters. The molecular weight excluding hydrogens is 360 g/mol. The fourth-order valence-corrected chi connectivity index (χ4v) is 3.46. The lowest BCUT2D eigenvalue weighted by molar-refractivity contribution is 0.647. The maximum atomic E-state index is 6.27. The van der Waals surface area contributed by atoms with Crippen molar-refractivity contribution < 1.29 is 0 Å². The van der Waals surface area contributed by atoms with Gasteiger partial charge in [-0.2, -0.15) is 0 Å². The van der Waals surface area contributed by atoms with E-state index in [4.69, 9.17) is 11.6 Å². The SMILES string of the molecule is CN=C(NCCN(C)c1ccccc1)NC1CCN(c2ncccc2Cl)C1. The fraction of sp³-hybridized carbons (Fsp3) is 0.400. The van der Waals surface area contributed by atoms with Crippen LogP contribution >= 0.6 is 11.6 Å². The minimum Gasteiger partial charge on any atom is -0.373 e. The third-order valence-corrected chi connectivity index (χ3v) is 5.02. The molecule has 1 aliphatic rings. The molecule has 2 heterocycles. The zero-order chi connectivity index (χ0) is 19.1. The molecule has 1 fully saturated rings. The number of hydrogen-bond donors (Lipinski definition) is 2. The van der Waals surface area contributed by atoms with Crippen LogP contribution in [0.15, 0.2) is 53.7 Å². The highest BCUT2D eigenvalue weighted by molar-refractivity contribution is 6.32. The van der Waals surface area contributed by atoms with Gasteiger partial charge in [0.15, 0.2) is 5.96 Å². The average Bonchev–Trinajstić information content (AvgIpc) is 3.16. The number of hydrogen-bond acceptors (Lipinski definition) is 4. The van der Waals surface area contributed by atoms with Crippen LogP contribution in [0.3, 0.4) is 0 Å². The highest BCUT2D eigenvalue weighted by Crippen LogP contribution is 2.25. The van der Waals surface area contributed by atoms with Gasteiger partial charge >= 0.3 is 0 Å². The third-order valence-electron chi connectivity index (χ3n) is 4.73. The van der Waals surface area contributed by atoms with Crippen LogP contribution in [-0.4, -0.2) is 57.3 Å². The van der Waals surface area contributed by atoms with E-state index in [0.29, 0.717) is 11.1 Å². The van der Waals surface area contributed by atoms with Crippen LogP contribution in [0.25, 0.3) is 0 Å². The van der Waals surface area contributed by atoms with E-state index in [1.54, 1.807) is 13.2 Å². The van der Waals surface area contributed by atoms with Crippen LogP contribution in [0, 0.1) is 0 Å². The second kappa shape index (κ2) is 9.46. The number of halogens is 1. The molecule has 1 aromatic carbocycles. The van der Waals surface area contributed by atoms with Crippen LogP contribution in [-0.2, 0) is 0 Å². The molecule has 0 radical (unpaired) electrons. The molecule has 0 spiro atoms. The molecule has 1 saturated heterocycles. The number of benzene rings is 1. The van der Waals surface area contributed by atoms with Crippen molar-refractivity contribution >= 4 is 29.1 Å². The molecule has 0 bridgehead atoms. The predicted molar refractivity (Wildman–Crippen MR) is 114 cm³/mol. The molecule has 144 valence electrons. The van der Waals surface area contributed by atoms with Crippen LogP contribution in [0.5, 0.6) is 0 Å². The van der Waals surface area contributed by atoms with Gasteiger partial charge in [0.2, 0.25) is 0 Å². The van der Waals surface area contributed by atoms with Crippen molar-refractivity contribution in [3.05, 3.63) is 53.7 Å². The smallest absolute Gasteiger partial charge is 0.191 e. The number of nitrogens with zero attached hydrogens (tertiary/aromatic N) is 4. The Bertz CT molecular complexity index is 751. The van der Waals surface area contributed by atoms with Gasteiger partial charge in [0.1, 0.15) is 5.82 Å². The molecule has 7 heteroatoms. The summed E-state index contributed by atoms with van der Waals surface area (Å²) in [7, 11) is 3.90. The first-order valence-electron chi connectivity index (χ1n) is 9.26. The Kier molecular flexibility index (Phi) is 6.76. The normalized spacial score (nSPS) is 17.1. The van der Waals surface area contributed by atoms with Gasteiger partial charge in [-0.05, 0) is 30.7 Å². The molecule has 0 amide bonds. The zero-order valence-corrected chi connectivity index (χ0v) is 16.7. The van der Waals surface area contributed by atoms with Gasteiger partial charge in [-0.3, -0.25) is 4.99 Å². The monoisotopic (exact) mass is 386 g/mol. The minimum absolute atomic E-state index is 0.320. The average molecular weight is 387 g/mol. The molecule has 6 nitrogen and oxygen atoms in total. The Morgan fingerprint density at radius 3 is 2.85 bits per heavy atom. The number of likely N-dealkylation sites (N-methyl/N-ethyl adjacent to an activating group) is 1. The van der Waals surface area contributed by atoms with Crippen molar-refractivity contribution in [1.82, 2.24) is 15.6 Å². The highest BCUT2D eigenvalue weighted by Gasteiger charge is 2.25. The molecule has 0 saturated carbocycles. The van der Waals surface area contributed by atoms with Crippen LogP contribution < -0.4 is 20.4 Å². The van der Waals surface area contributed by atoms with Gasteiger partial charge in [-0.25, -0.2) is 4.98 Å². The molecule has 2 aromatic rings. The summed E-state index contributed by atoms with van der Waals surface area (Å²) in [6, 6.07) is 14.4. The van der Waals surface area contributed by atoms with Crippen molar-refractivity contribution in [3.8, 4) is 0 Å². The van der Waals surface area contributed by atoms with Crippen molar-refractivity contribution in [2.75, 3.05) is 50.1 Å². The number of aromatic nitrogens is 1. The Morgan fingerprint density at radius 1 is 1.30 bits per heavy atom. The lowest BCUT2D eigenvalue weighted by Crippen LogP contribution is -2.46. The first-order valence-corrected chi connectivity index (χ1v) is 9.64. The molecular formula is C20H27ClN6. The minimum atomic E-state index is 0.320. The van der Waals surface area contributed by atoms with E-state index < -0.39 is 0 Å². The number of aliphatic imine (C=N–C) groups is 1. The van der Waals surface area contributed by atoms with E-state index in [9.17, 15) is 0 Å². The van der Waals surface area contributed by atoms with Crippen LogP contribution in [0.1, 0.15) is 6.42 Å². The van der Waals surface area contributed by atoms with E-state index >= 15 is 0 Å².